The number of allylic oxidation sites excluding steroid dienone is 9. The van der Waals surface area contributed by atoms with Gasteiger partial charge in [0.15, 0.2) is 0 Å². The molecule has 6 nitrogen and oxygen atoms in total. The zero-order valence-corrected chi connectivity index (χ0v) is 49.3. The Labute approximate surface area is 460 Å². The van der Waals surface area contributed by atoms with Crippen LogP contribution in [0.3, 0.4) is 0 Å². The molecule has 74 heavy (non-hydrogen) atoms. The van der Waals surface area contributed by atoms with Crippen LogP contribution in [0.5, 0.6) is 0 Å². The number of ether oxygens (including phenoxy) is 1. The van der Waals surface area contributed by atoms with E-state index in [0.29, 0.717) is 19.4 Å². The third kappa shape index (κ3) is 58.8. The van der Waals surface area contributed by atoms with Crippen molar-refractivity contribution < 1.29 is 24.5 Å². The number of carbonyl (C=O) groups is 2. The maximum absolute atomic E-state index is 12.5. The second kappa shape index (κ2) is 63.1. The molecule has 0 aromatic heterocycles. The summed E-state index contributed by atoms with van der Waals surface area (Å²) in [6.07, 6.45) is 82.6. The topological polar surface area (TPSA) is 95.9 Å². The average molecular weight is 1040 g/mol. The van der Waals surface area contributed by atoms with Gasteiger partial charge in [-0.25, -0.2) is 0 Å². The van der Waals surface area contributed by atoms with E-state index in [1.165, 1.54) is 218 Å². The van der Waals surface area contributed by atoms with Crippen LogP contribution < -0.4 is 5.32 Å². The second-order valence-corrected chi connectivity index (χ2v) is 22.1. The fourth-order valence-electron chi connectivity index (χ4n) is 9.75. The van der Waals surface area contributed by atoms with Gasteiger partial charge in [0.1, 0.15) is 0 Å². The normalized spacial score (nSPS) is 13.0. The molecule has 2 atom stereocenters. The van der Waals surface area contributed by atoms with Crippen LogP contribution in [-0.4, -0.2) is 47.4 Å². The van der Waals surface area contributed by atoms with Crippen molar-refractivity contribution in [2.24, 2.45) is 0 Å². The molecule has 0 bridgehead atoms. The summed E-state index contributed by atoms with van der Waals surface area (Å²) < 4.78 is 5.46. The van der Waals surface area contributed by atoms with E-state index in [4.69, 9.17) is 4.74 Å². The molecule has 3 N–H and O–H groups in total. The molecular formula is C68H125NO5. The van der Waals surface area contributed by atoms with Crippen molar-refractivity contribution in [1.82, 2.24) is 5.32 Å². The molecule has 1 amide bonds. The molecule has 6 heteroatoms. The molecule has 2 unspecified atom stereocenters. The summed E-state index contributed by atoms with van der Waals surface area (Å²) in [5.41, 5.74) is 0. The monoisotopic (exact) mass is 1040 g/mol. The molecule has 0 spiro atoms. The number of amides is 1. The summed E-state index contributed by atoms with van der Waals surface area (Å²) in [5, 5.41) is 23.2. The van der Waals surface area contributed by atoms with Crippen molar-refractivity contribution in [3.8, 4) is 0 Å². The van der Waals surface area contributed by atoms with E-state index < -0.39 is 12.1 Å². The second-order valence-electron chi connectivity index (χ2n) is 22.1. The number of hydrogen-bond donors (Lipinski definition) is 3. The number of nitrogens with one attached hydrogen (secondary N) is 1. The molecule has 0 aromatic carbocycles. The predicted molar refractivity (Wildman–Crippen MR) is 324 cm³/mol. The van der Waals surface area contributed by atoms with Crippen LogP contribution in [0.2, 0.25) is 0 Å². The van der Waals surface area contributed by atoms with Crippen molar-refractivity contribution >= 4 is 11.9 Å². The molecule has 0 rings (SSSR count). The SMILES string of the molecule is CCCCCC/C=C\C/C=C\CCCCCCCCCC(=O)OCCCCC/C=C\C/C=C\CCCCCCCCCC(=O)NC(CO)C(O)/C=C/CCCCCCCCCCCCCCCCCCCCCC. The third-order valence-electron chi connectivity index (χ3n) is 14.8. The predicted octanol–water partition coefficient (Wildman–Crippen LogP) is 20.7. The van der Waals surface area contributed by atoms with E-state index in [0.717, 1.165) is 89.9 Å². The van der Waals surface area contributed by atoms with Crippen LogP contribution in [0.25, 0.3) is 0 Å². The van der Waals surface area contributed by atoms with Crippen LogP contribution in [0.1, 0.15) is 335 Å². The van der Waals surface area contributed by atoms with Crippen molar-refractivity contribution in [3.63, 3.8) is 0 Å². The Bertz CT molecular complexity index is 1290. The minimum Gasteiger partial charge on any atom is -0.466 e. The molecule has 0 heterocycles. The highest BCUT2D eigenvalue weighted by molar-refractivity contribution is 5.76. The number of rotatable bonds is 60. The first-order valence-corrected chi connectivity index (χ1v) is 32.6. The van der Waals surface area contributed by atoms with Gasteiger partial charge >= 0.3 is 5.97 Å². The Kier molecular flexibility index (Phi) is 61.0. The quantitative estimate of drug-likeness (QED) is 0.0320. The molecule has 432 valence electrons. The van der Waals surface area contributed by atoms with Crippen LogP contribution >= 0.6 is 0 Å². The van der Waals surface area contributed by atoms with Crippen molar-refractivity contribution in [2.45, 2.75) is 347 Å². The van der Waals surface area contributed by atoms with Gasteiger partial charge in [-0.1, -0.05) is 280 Å². The Morgan fingerprint density at radius 3 is 1.04 bits per heavy atom. The number of unbranched alkanes of at least 4 members (excludes halogenated alkanes) is 41. The Morgan fingerprint density at radius 2 is 0.676 bits per heavy atom. The first-order chi connectivity index (χ1) is 36.5. The summed E-state index contributed by atoms with van der Waals surface area (Å²) in [5.74, 6) is -0.107. The minimum absolute atomic E-state index is 0.0239. The van der Waals surface area contributed by atoms with E-state index in [1.807, 2.05) is 6.08 Å². The fraction of sp³-hybridized carbons (Fsp3) is 0.824. The van der Waals surface area contributed by atoms with Crippen molar-refractivity contribution in [3.05, 3.63) is 60.8 Å². The maximum atomic E-state index is 12.5. The van der Waals surface area contributed by atoms with Gasteiger partial charge in [-0.3, -0.25) is 9.59 Å². The van der Waals surface area contributed by atoms with Crippen LogP contribution in [0.15, 0.2) is 60.8 Å². The number of esters is 1. The van der Waals surface area contributed by atoms with Gasteiger partial charge in [-0.15, -0.1) is 0 Å². The van der Waals surface area contributed by atoms with Crippen molar-refractivity contribution in [2.75, 3.05) is 13.2 Å². The first kappa shape index (κ1) is 71.6. The molecule has 0 aliphatic rings. The van der Waals surface area contributed by atoms with Gasteiger partial charge in [0.2, 0.25) is 5.91 Å². The van der Waals surface area contributed by atoms with Crippen LogP contribution in [-0.2, 0) is 14.3 Å². The van der Waals surface area contributed by atoms with Gasteiger partial charge in [0, 0.05) is 12.8 Å². The lowest BCUT2D eigenvalue weighted by atomic mass is 10.0. The molecule has 0 saturated carbocycles. The summed E-state index contributed by atoms with van der Waals surface area (Å²) in [4.78, 5) is 24.6. The zero-order chi connectivity index (χ0) is 53.6. The standard InChI is InChI=1S/C68H125NO5/c1-3-5-7-9-11-13-15-17-19-21-23-24-25-26-28-32-36-40-44-48-52-56-60-66(71)65(64-70)69-67(72)61-57-53-49-45-41-37-33-29-27-31-35-39-43-47-51-55-59-63-74-68(73)62-58-54-50-46-42-38-34-30-22-20-18-16-14-12-10-8-6-4-2/h14,16,20,22,27,31,39,43,56,60,65-66,70-71H,3-13,15,17-19,21,23-26,28-30,32-38,40-42,44-55,57-59,61-64H2,1-2H3,(H,69,72)/b16-14-,22-20-,31-27-,43-39-,60-56+. The highest BCUT2D eigenvalue weighted by Crippen LogP contribution is 2.17. The zero-order valence-electron chi connectivity index (χ0n) is 49.3. The molecule has 0 saturated heterocycles. The summed E-state index contributed by atoms with van der Waals surface area (Å²) in [7, 11) is 0. The van der Waals surface area contributed by atoms with Gasteiger partial charge in [-0.05, 0) is 103 Å². The smallest absolute Gasteiger partial charge is 0.305 e. The number of carbonyl (C=O) groups excluding carboxylic acids is 2. The summed E-state index contributed by atoms with van der Waals surface area (Å²) in [6.45, 7) is 4.85. The van der Waals surface area contributed by atoms with Crippen LogP contribution in [0, 0.1) is 0 Å². The lowest BCUT2D eigenvalue weighted by Crippen LogP contribution is -2.45. The van der Waals surface area contributed by atoms with Crippen LogP contribution in [0.4, 0.5) is 0 Å². The highest BCUT2D eigenvalue weighted by atomic mass is 16.5. The largest absolute Gasteiger partial charge is 0.466 e. The van der Waals surface area contributed by atoms with E-state index in [9.17, 15) is 19.8 Å². The van der Waals surface area contributed by atoms with Gasteiger partial charge in [-0.2, -0.15) is 0 Å². The van der Waals surface area contributed by atoms with E-state index >= 15 is 0 Å². The number of aliphatic hydroxyl groups excluding tert-OH is 2. The summed E-state index contributed by atoms with van der Waals surface area (Å²) in [6, 6.07) is -0.643. The third-order valence-corrected chi connectivity index (χ3v) is 14.8. The lowest BCUT2D eigenvalue weighted by molar-refractivity contribution is -0.143. The molecule has 0 aliphatic carbocycles. The van der Waals surface area contributed by atoms with E-state index in [1.54, 1.807) is 6.08 Å². The first-order valence-electron chi connectivity index (χ1n) is 32.6. The van der Waals surface area contributed by atoms with Gasteiger partial charge < -0.3 is 20.3 Å². The molecular weight excluding hydrogens is 911 g/mol. The lowest BCUT2D eigenvalue weighted by Gasteiger charge is -2.20. The maximum Gasteiger partial charge on any atom is 0.305 e. The molecule has 0 aromatic rings. The van der Waals surface area contributed by atoms with E-state index in [2.05, 4.69) is 67.8 Å². The summed E-state index contributed by atoms with van der Waals surface area (Å²) >= 11 is 0. The Hall–Kier alpha value is -2.44. The Balaban J connectivity index is 3.52. The van der Waals surface area contributed by atoms with Gasteiger partial charge in [0.25, 0.3) is 0 Å². The number of aliphatic hydroxyl groups is 2. The average Bonchev–Trinajstić information content (AvgIpc) is 3.40. The Morgan fingerprint density at radius 1 is 0.378 bits per heavy atom. The minimum atomic E-state index is -0.858. The van der Waals surface area contributed by atoms with Gasteiger partial charge in [0.05, 0.1) is 25.4 Å². The van der Waals surface area contributed by atoms with Crippen molar-refractivity contribution in [1.29, 1.82) is 0 Å². The van der Waals surface area contributed by atoms with E-state index in [-0.39, 0.29) is 18.5 Å². The molecule has 0 radical (unpaired) electrons. The fourth-order valence-corrected chi connectivity index (χ4v) is 9.75. The number of hydrogen-bond acceptors (Lipinski definition) is 5. The molecule has 0 fully saturated rings. The molecule has 0 aliphatic heterocycles. The highest BCUT2D eigenvalue weighted by Gasteiger charge is 2.18.